The van der Waals surface area contributed by atoms with E-state index in [1.807, 2.05) is 36.2 Å². The summed E-state index contributed by atoms with van der Waals surface area (Å²) in [5.74, 6) is 0.856. The Labute approximate surface area is 104 Å². The van der Waals surface area contributed by atoms with Crippen LogP contribution in [0.25, 0.3) is 0 Å². The Kier molecular flexibility index (Phi) is 2.37. The van der Waals surface area contributed by atoms with Crippen molar-refractivity contribution in [3.63, 3.8) is 0 Å². The van der Waals surface area contributed by atoms with Gasteiger partial charge in [0.05, 0.1) is 5.69 Å². The molecule has 0 fully saturated rings. The minimum Gasteiger partial charge on any atom is -0.462 e. The average Bonchev–Trinajstić information content (AvgIpc) is 2.68. The van der Waals surface area contributed by atoms with Gasteiger partial charge in [-0.15, -0.1) is 0 Å². The first-order chi connectivity index (χ1) is 8.25. The molecule has 1 atom stereocenters. The lowest BCUT2D eigenvalue weighted by atomic mass is 10.3. The zero-order valence-corrected chi connectivity index (χ0v) is 9.93. The highest BCUT2D eigenvalue weighted by molar-refractivity contribution is 6.28. The molecule has 1 aromatic carbocycles. The topological polar surface area (TPSA) is 38.2 Å². The molecule has 0 amide bonds. The van der Waals surface area contributed by atoms with Crippen LogP contribution < -0.4 is 9.64 Å². The van der Waals surface area contributed by atoms with Gasteiger partial charge in [0.1, 0.15) is 11.4 Å². The number of nitrogens with zero attached hydrogens (tertiary/aromatic N) is 3. The van der Waals surface area contributed by atoms with Gasteiger partial charge in [-0.2, -0.15) is 0 Å². The highest BCUT2D eigenvalue weighted by Crippen LogP contribution is 2.41. The van der Waals surface area contributed by atoms with E-state index in [4.69, 9.17) is 16.3 Å². The number of ether oxygens (including phenoxy) is 1. The number of rotatable bonds is 1. The number of aromatic nitrogens is 2. The average molecular weight is 248 g/mol. The van der Waals surface area contributed by atoms with E-state index < -0.39 is 0 Å². The van der Waals surface area contributed by atoms with Gasteiger partial charge < -0.3 is 9.64 Å². The third-order valence-electron chi connectivity index (χ3n) is 2.74. The molecule has 1 unspecified atom stereocenters. The number of halogens is 1. The second kappa shape index (κ2) is 3.89. The Morgan fingerprint density at radius 3 is 2.88 bits per heavy atom. The molecule has 0 radical (unpaired) electrons. The van der Waals surface area contributed by atoms with Gasteiger partial charge in [-0.05, 0) is 29.8 Å². The fourth-order valence-electron chi connectivity index (χ4n) is 1.92. The maximum atomic E-state index is 5.84. The first kappa shape index (κ1) is 10.4. The highest BCUT2D eigenvalue weighted by atomic mass is 35.5. The van der Waals surface area contributed by atoms with Gasteiger partial charge in [0, 0.05) is 13.2 Å². The molecule has 0 aliphatic carbocycles. The zero-order chi connectivity index (χ0) is 11.8. The number of benzene rings is 1. The summed E-state index contributed by atoms with van der Waals surface area (Å²) in [6.45, 7) is 0. The fraction of sp³-hybridized carbons (Fsp3) is 0.167. The van der Waals surface area contributed by atoms with Crippen LogP contribution in [0.3, 0.4) is 0 Å². The monoisotopic (exact) mass is 247 g/mol. The van der Waals surface area contributed by atoms with Crippen LogP contribution in [-0.2, 0) is 0 Å². The molecule has 3 rings (SSSR count). The minimum absolute atomic E-state index is 0.232. The Morgan fingerprint density at radius 1 is 1.29 bits per heavy atom. The summed E-state index contributed by atoms with van der Waals surface area (Å²) < 4.78 is 5.84. The van der Waals surface area contributed by atoms with Gasteiger partial charge in [-0.3, -0.25) is 0 Å². The van der Waals surface area contributed by atoms with E-state index in [1.54, 1.807) is 12.3 Å². The van der Waals surface area contributed by atoms with Crippen molar-refractivity contribution in [3.05, 3.63) is 47.5 Å². The summed E-state index contributed by atoms with van der Waals surface area (Å²) in [5.41, 5.74) is 1.80. The fourth-order valence-corrected chi connectivity index (χ4v) is 2.07. The van der Waals surface area contributed by atoms with Gasteiger partial charge in [0.25, 0.3) is 0 Å². The molecule has 1 aromatic heterocycles. The van der Waals surface area contributed by atoms with E-state index in [0.29, 0.717) is 0 Å². The van der Waals surface area contributed by atoms with E-state index in [-0.39, 0.29) is 11.5 Å². The normalized spacial score (nSPS) is 17.8. The molecule has 1 aliphatic rings. The minimum atomic E-state index is -0.243. The van der Waals surface area contributed by atoms with Crippen LogP contribution >= 0.6 is 11.6 Å². The molecule has 17 heavy (non-hydrogen) atoms. The number of hydrogen-bond acceptors (Lipinski definition) is 4. The van der Waals surface area contributed by atoms with Crippen molar-refractivity contribution in [2.45, 2.75) is 6.23 Å². The lowest BCUT2D eigenvalue weighted by Gasteiger charge is -2.19. The van der Waals surface area contributed by atoms with Crippen LogP contribution in [0.15, 0.2) is 36.5 Å². The second-order valence-electron chi connectivity index (χ2n) is 3.80. The third kappa shape index (κ3) is 1.70. The largest absolute Gasteiger partial charge is 0.462 e. The van der Waals surface area contributed by atoms with Crippen molar-refractivity contribution < 1.29 is 4.74 Å². The summed E-state index contributed by atoms with van der Waals surface area (Å²) in [6, 6.07) is 9.68. The molecule has 5 heteroatoms. The zero-order valence-electron chi connectivity index (χ0n) is 9.17. The Balaban J connectivity index is 1.99. The Hall–Kier alpha value is -1.81. The molecule has 0 saturated carbocycles. The molecule has 0 spiro atoms. The lowest BCUT2D eigenvalue weighted by molar-refractivity contribution is 0.229. The number of para-hydroxylation sites is 2. The van der Waals surface area contributed by atoms with E-state index in [1.165, 1.54) is 0 Å². The third-order valence-corrected chi connectivity index (χ3v) is 2.92. The second-order valence-corrected chi connectivity index (χ2v) is 4.14. The van der Waals surface area contributed by atoms with Gasteiger partial charge in [-0.1, -0.05) is 12.1 Å². The SMILES string of the molecule is CN1c2ccccc2OC1c1ccnc(Cl)n1. The van der Waals surface area contributed by atoms with Crippen molar-refractivity contribution in [1.82, 2.24) is 9.97 Å². The molecule has 2 aromatic rings. The molecular formula is C12H10ClN3O. The maximum absolute atomic E-state index is 5.84. The summed E-state index contributed by atoms with van der Waals surface area (Å²) in [4.78, 5) is 10.1. The van der Waals surface area contributed by atoms with Crippen molar-refractivity contribution in [2.75, 3.05) is 11.9 Å². The summed E-state index contributed by atoms with van der Waals surface area (Å²) in [5, 5.41) is 0.232. The van der Waals surface area contributed by atoms with Crippen molar-refractivity contribution in [1.29, 1.82) is 0 Å². The van der Waals surface area contributed by atoms with Gasteiger partial charge in [0.2, 0.25) is 11.5 Å². The lowest BCUT2D eigenvalue weighted by Crippen LogP contribution is -2.23. The first-order valence-electron chi connectivity index (χ1n) is 5.22. The van der Waals surface area contributed by atoms with E-state index >= 15 is 0 Å². The maximum Gasteiger partial charge on any atom is 0.222 e. The predicted molar refractivity (Wildman–Crippen MR) is 65.3 cm³/mol. The number of fused-ring (bicyclic) bond motifs is 1. The van der Waals surface area contributed by atoms with E-state index in [0.717, 1.165) is 17.1 Å². The van der Waals surface area contributed by atoms with Crippen LogP contribution in [0.2, 0.25) is 5.28 Å². The van der Waals surface area contributed by atoms with Crippen molar-refractivity contribution >= 4 is 17.3 Å². The van der Waals surface area contributed by atoms with Crippen molar-refractivity contribution in [2.24, 2.45) is 0 Å². The predicted octanol–water partition coefficient (Wildman–Crippen LogP) is 2.66. The Morgan fingerprint density at radius 2 is 2.12 bits per heavy atom. The van der Waals surface area contributed by atoms with Crippen molar-refractivity contribution in [3.8, 4) is 5.75 Å². The van der Waals surface area contributed by atoms with Crippen LogP contribution in [0, 0.1) is 0 Å². The Bertz CT molecular complexity index is 561. The summed E-state index contributed by atoms with van der Waals surface area (Å²) in [6.07, 6.45) is 1.39. The quantitative estimate of drug-likeness (QED) is 0.727. The van der Waals surface area contributed by atoms with E-state index in [2.05, 4.69) is 9.97 Å². The standard InChI is InChI=1S/C12H10ClN3O/c1-16-9-4-2-3-5-10(9)17-11(16)8-6-7-14-12(13)15-8/h2-7,11H,1H3. The number of anilines is 1. The van der Waals surface area contributed by atoms with Crippen LogP contribution in [0.5, 0.6) is 5.75 Å². The van der Waals surface area contributed by atoms with Gasteiger partial charge >= 0.3 is 0 Å². The van der Waals surface area contributed by atoms with Gasteiger partial charge in [-0.25, -0.2) is 9.97 Å². The molecule has 4 nitrogen and oxygen atoms in total. The molecule has 2 heterocycles. The molecule has 0 saturated heterocycles. The molecular weight excluding hydrogens is 238 g/mol. The van der Waals surface area contributed by atoms with Crippen LogP contribution in [-0.4, -0.2) is 17.0 Å². The number of hydrogen-bond donors (Lipinski definition) is 0. The highest BCUT2D eigenvalue weighted by Gasteiger charge is 2.30. The van der Waals surface area contributed by atoms with Crippen LogP contribution in [0.1, 0.15) is 11.9 Å². The molecule has 0 N–H and O–H groups in total. The molecule has 86 valence electrons. The summed E-state index contributed by atoms with van der Waals surface area (Å²) in [7, 11) is 1.96. The molecule has 1 aliphatic heterocycles. The molecule has 0 bridgehead atoms. The first-order valence-corrected chi connectivity index (χ1v) is 5.60. The van der Waals surface area contributed by atoms with Gasteiger partial charge in [0.15, 0.2) is 0 Å². The van der Waals surface area contributed by atoms with E-state index in [9.17, 15) is 0 Å². The van der Waals surface area contributed by atoms with Crippen LogP contribution in [0.4, 0.5) is 5.69 Å². The smallest absolute Gasteiger partial charge is 0.222 e. The summed E-state index contributed by atoms with van der Waals surface area (Å²) >= 11 is 5.79.